The minimum atomic E-state index is -1.96. The molecular weight excluding hydrogens is 392 g/mol. The van der Waals surface area contributed by atoms with E-state index >= 15 is 0 Å². The van der Waals surface area contributed by atoms with E-state index in [1.54, 1.807) is 10.4 Å². The fraction of sp³-hybridized carbons (Fsp3) is 0.429. The minimum Gasteiger partial charge on any atom is -0.107 e. The Kier molecular flexibility index (Phi) is 6.24. The topological polar surface area (TPSA) is 0 Å². The lowest BCUT2D eigenvalue weighted by molar-refractivity contribution is 0.359. The molecule has 30 heavy (non-hydrogen) atoms. The zero-order valence-corrected chi connectivity index (χ0v) is 21.9. The summed E-state index contributed by atoms with van der Waals surface area (Å²) in [4.78, 5) is 0. The Morgan fingerprint density at radius 3 is 1.17 bits per heavy atom. The van der Waals surface area contributed by atoms with Gasteiger partial charge >= 0.3 is 0 Å². The number of hydrogen-bond donors (Lipinski definition) is 0. The standard InChI is InChI=1S/C28H40Si2/c1-9-29(23-17-13-11-14-18-23)25(21-27(3,4)5)30(10-2,24-19-15-12-16-20-24)26(29)22-28(6,7)8/h9-20,25-26H,1-2,21-22H2,3-8H3. The molecule has 0 aromatic heterocycles. The van der Waals surface area contributed by atoms with E-state index in [9.17, 15) is 0 Å². The second kappa shape index (κ2) is 8.13. The van der Waals surface area contributed by atoms with Crippen molar-refractivity contribution >= 4 is 26.5 Å². The maximum atomic E-state index is 4.53. The summed E-state index contributed by atoms with van der Waals surface area (Å²) in [5, 5.41) is 4.53. The van der Waals surface area contributed by atoms with Crippen molar-refractivity contribution in [2.24, 2.45) is 10.8 Å². The highest BCUT2D eigenvalue weighted by Crippen LogP contribution is 2.64. The predicted octanol–water partition coefficient (Wildman–Crippen LogP) is 6.85. The van der Waals surface area contributed by atoms with Gasteiger partial charge in [-0.3, -0.25) is 0 Å². The zero-order valence-electron chi connectivity index (χ0n) is 19.9. The largest absolute Gasteiger partial charge is 0.111 e. The first-order valence-corrected chi connectivity index (χ1v) is 15.9. The molecular formula is C28H40Si2. The fourth-order valence-corrected chi connectivity index (χ4v) is 26.6. The first-order valence-electron chi connectivity index (χ1n) is 11.4. The Labute approximate surface area is 187 Å². The normalized spacial score (nSPS) is 29.1. The Bertz CT molecular complexity index is 785. The van der Waals surface area contributed by atoms with E-state index in [0.29, 0.717) is 10.3 Å². The van der Waals surface area contributed by atoms with E-state index in [1.165, 1.54) is 12.8 Å². The van der Waals surface area contributed by atoms with E-state index in [2.05, 4.69) is 127 Å². The van der Waals surface area contributed by atoms with Crippen LogP contribution in [0.3, 0.4) is 0 Å². The minimum absolute atomic E-state index is 0.281. The second-order valence-corrected chi connectivity index (χ2v) is 21.3. The quantitative estimate of drug-likeness (QED) is 0.438. The summed E-state index contributed by atoms with van der Waals surface area (Å²) in [7, 11) is -3.91. The van der Waals surface area contributed by atoms with Gasteiger partial charge in [-0.1, -0.05) is 124 Å². The molecule has 0 bridgehead atoms. The molecule has 160 valence electrons. The van der Waals surface area contributed by atoms with Gasteiger partial charge in [0.2, 0.25) is 0 Å². The third-order valence-corrected chi connectivity index (χ3v) is 22.3. The summed E-state index contributed by atoms with van der Waals surface area (Å²) in [6.07, 6.45) is 2.49. The molecule has 1 heterocycles. The van der Waals surface area contributed by atoms with Gasteiger partial charge in [-0.05, 0) is 34.0 Å². The summed E-state index contributed by atoms with van der Waals surface area (Å²) in [5.74, 6) is 0. The maximum Gasteiger partial charge on any atom is 0.111 e. The van der Waals surface area contributed by atoms with Crippen LogP contribution in [-0.2, 0) is 0 Å². The van der Waals surface area contributed by atoms with Crippen LogP contribution in [0, 0.1) is 10.8 Å². The molecule has 1 fully saturated rings. The molecule has 3 rings (SSSR count). The van der Waals surface area contributed by atoms with Gasteiger partial charge in [0, 0.05) is 0 Å². The maximum absolute atomic E-state index is 4.53. The van der Waals surface area contributed by atoms with E-state index in [4.69, 9.17) is 0 Å². The van der Waals surface area contributed by atoms with Crippen LogP contribution in [0.4, 0.5) is 0 Å². The van der Waals surface area contributed by atoms with Gasteiger partial charge in [0.1, 0.15) is 16.1 Å². The van der Waals surface area contributed by atoms with E-state index in [1.807, 2.05) is 0 Å². The summed E-state index contributed by atoms with van der Waals surface area (Å²) in [6, 6.07) is 22.8. The Hall–Kier alpha value is -1.65. The van der Waals surface area contributed by atoms with Crippen molar-refractivity contribution in [3.8, 4) is 0 Å². The average Bonchev–Trinajstić information content (AvgIpc) is 2.69. The summed E-state index contributed by atoms with van der Waals surface area (Å²) in [6.45, 7) is 23.5. The van der Waals surface area contributed by atoms with Gasteiger partial charge in [-0.2, -0.15) is 0 Å². The predicted molar refractivity (Wildman–Crippen MR) is 140 cm³/mol. The molecule has 2 aromatic rings. The Morgan fingerprint density at radius 2 is 0.933 bits per heavy atom. The zero-order chi connectivity index (χ0) is 22.2. The fourth-order valence-electron chi connectivity index (χ4n) is 6.14. The molecule has 1 aliphatic heterocycles. The van der Waals surface area contributed by atoms with Crippen LogP contribution < -0.4 is 10.4 Å². The Morgan fingerprint density at radius 1 is 0.633 bits per heavy atom. The smallest absolute Gasteiger partial charge is 0.107 e. The van der Waals surface area contributed by atoms with E-state index in [-0.39, 0.29) is 10.8 Å². The summed E-state index contributed by atoms with van der Waals surface area (Å²) in [5.41, 5.74) is 5.46. The third-order valence-electron chi connectivity index (χ3n) is 7.16. The van der Waals surface area contributed by atoms with Crippen LogP contribution in [0.15, 0.2) is 85.2 Å². The lowest BCUT2D eigenvalue weighted by atomic mass is 9.93. The van der Waals surface area contributed by atoms with Crippen LogP contribution in [-0.4, -0.2) is 16.1 Å². The van der Waals surface area contributed by atoms with Crippen LogP contribution in [0.1, 0.15) is 54.4 Å². The van der Waals surface area contributed by atoms with Crippen molar-refractivity contribution in [2.75, 3.05) is 0 Å². The number of benzene rings is 2. The van der Waals surface area contributed by atoms with Crippen LogP contribution in [0.25, 0.3) is 0 Å². The SMILES string of the molecule is C=C[Si]1(c2ccccc2)C(CC(C)(C)C)[Si](C=C)(c2ccccc2)C1CC(C)(C)C. The van der Waals surface area contributed by atoms with Crippen molar-refractivity contribution in [1.82, 2.24) is 0 Å². The Balaban J connectivity index is 2.31. The van der Waals surface area contributed by atoms with Crippen molar-refractivity contribution in [2.45, 2.75) is 64.7 Å². The highest BCUT2D eigenvalue weighted by atomic mass is 28.5. The highest BCUT2D eigenvalue weighted by molar-refractivity contribution is 7.29. The summed E-state index contributed by atoms with van der Waals surface area (Å²) < 4.78 is 0. The molecule has 0 nitrogen and oxygen atoms in total. The highest BCUT2D eigenvalue weighted by Gasteiger charge is 2.71. The van der Waals surface area contributed by atoms with Crippen LogP contribution in [0.5, 0.6) is 0 Å². The van der Waals surface area contributed by atoms with Crippen molar-refractivity contribution in [3.05, 3.63) is 85.2 Å². The first-order chi connectivity index (χ1) is 14.0. The van der Waals surface area contributed by atoms with E-state index < -0.39 is 16.1 Å². The molecule has 0 atom stereocenters. The molecule has 0 amide bonds. The monoisotopic (exact) mass is 432 g/mol. The van der Waals surface area contributed by atoms with Gasteiger partial charge in [0.15, 0.2) is 0 Å². The van der Waals surface area contributed by atoms with Gasteiger partial charge in [0.25, 0.3) is 0 Å². The molecule has 0 spiro atoms. The lowest BCUT2D eigenvalue weighted by Gasteiger charge is -2.67. The van der Waals surface area contributed by atoms with Crippen LogP contribution >= 0.6 is 0 Å². The molecule has 2 aromatic carbocycles. The van der Waals surface area contributed by atoms with Crippen LogP contribution in [0.2, 0.25) is 10.3 Å². The van der Waals surface area contributed by atoms with Gasteiger partial charge < -0.3 is 0 Å². The first kappa shape index (κ1) is 23.0. The molecule has 2 heteroatoms. The number of rotatable bonds is 6. The summed E-state index contributed by atoms with van der Waals surface area (Å²) >= 11 is 0. The molecule has 0 N–H and O–H groups in total. The molecule has 0 saturated carbocycles. The van der Waals surface area contributed by atoms with Crippen molar-refractivity contribution in [3.63, 3.8) is 0 Å². The molecule has 0 unspecified atom stereocenters. The van der Waals surface area contributed by atoms with Gasteiger partial charge in [-0.15, -0.1) is 13.2 Å². The van der Waals surface area contributed by atoms with Crippen molar-refractivity contribution < 1.29 is 0 Å². The second-order valence-electron chi connectivity index (χ2n) is 11.6. The van der Waals surface area contributed by atoms with Gasteiger partial charge in [-0.25, -0.2) is 0 Å². The van der Waals surface area contributed by atoms with E-state index in [0.717, 1.165) is 0 Å². The number of hydrogen-bond acceptors (Lipinski definition) is 0. The average molecular weight is 433 g/mol. The van der Waals surface area contributed by atoms with Gasteiger partial charge in [0.05, 0.1) is 0 Å². The molecule has 1 aliphatic rings. The molecule has 1 saturated heterocycles. The lowest BCUT2D eigenvalue weighted by Crippen LogP contribution is -2.82. The third kappa shape index (κ3) is 3.85. The molecule has 0 radical (unpaired) electrons. The van der Waals surface area contributed by atoms with Crippen molar-refractivity contribution in [1.29, 1.82) is 0 Å². The molecule has 0 aliphatic carbocycles.